The van der Waals surface area contributed by atoms with Crippen LogP contribution in [0.4, 0.5) is 0 Å². The molecule has 0 aromatic carbocycles. The van der Waals surface area contributed by atoms with Gasteiger partial charge in [-0.05, 0) is 7.05 Å². The number of amides is 2. The highest BCUT2D eigenvalue weighted by Gasteiger charge is 2.22. The van der Waals surface area contributed by atoms with Crippen LogP contribution in [-0.2, 0) is 14.3 Å². The number of carbonyl (C=O) groups excluding carboxylic acids is 2. The maximum Gasteiger partial charge on any atom is 0.223 e. The van der Waals surface area contributed by atoms with E-state index in [4.69, 9.17) is 10.5 Å². The van der Waals surface area contributed by atoms with Crippen molar-refractivity contribution < 1.29 is 14.3 Å². The van der Waals surface area contributed by atoms with Crippen LogP contribution in [0.3, 0.4) is 0 Å². The molecule has 0 bridgehead atoms. The van der Waals surface area contributed by atoms with E-state index in [2.05, 4.69) is 27.1 Å². The molecule has 0 radical (unpaired) electrons. The van der Waals surface area contributed by atoms with E-state index in [0.29, 0.717) is 32.5 Å². The van der Waals surface area contributed by atoms with Gasteiger partial charge in [-0.3, -0.25) is 14.5 Å². The lowest BCUT2D eigenvalue weighted by molar-refractivity contribution is -0.129. The summed E-state index contributed by atoms with van der Waals surface area (Å²) < 4.78 is 5.58. The fourth-order valence-electron chi connectivity index (χ4n) is 2.84. The largest absolute Gasteiger partial charge is 0.370 e. The Morgan fingerprint density at radius 1 is 1.09 bits per heavy atom. The number of rotatable bonds is 7. The minimum atomic E-state index is -0.302. The molecule has 2 rings (SSSR count). The molecule has 2 amide bonds. The molecular formula is C15H29N5O3. The van der Waals surface area contributed by atoms with Gasteiger partial charge in [0.1, 0.15) is 6.23 Å². The summed E-state index contributed by atoms with van der Waals surface area (Å²) in [7, 11) is 2.12. The monoisotopic (exact) mass is 327 g/mol. The molecule has 2 heterocycles. The number of nitrogens with two attached hydrogens (primary N) is 1. The Morgan fingerprint density at radius 2 is 1.78 bits per heavy atom. The Labute approximate surface area is 137 Å². The van der Waals surface area contributed by atoms with Gasteiger partial charge in [0.2, 0.25) is 11.8 Å². The van der Waals surface area contributed by atoms with Gasteiger partial charge in [-0.2, -0.15) is 0 Å². The van der Waals surface area contributed by atoms with Crippen molar-refractivity contribution in [2.75, 3.05) is 66.0 Å². The van der Waals surface area contributed by atoms with Crippen molar-refractivity contribution in [1.29, 1.82) is 0 Å². The average Bonchev–Trinajstić information content (AvgIpc) is 2.53. The maximum atomic E-state index is 12.1. The first-order chi connectivity index (χ1) is 11.0. The molecule has 0 spiro atoms. The standard InChI is InChI=1S/C15H29N5O3/c1-18-6-8-19(9-7-18)5-3-14(22)17-15-12-20(10-11-23-15)4-2-13(16)21/h15H,2-12H2,1H3,(H2,16,21)(H,17,22). The van der Waals surface area contributed by atoms with E-state index < -0.39 is 0 Å². The molecule has 0 aromatic rings. The summed E-state index contributed by atoms with van der Waals surface area (Å²) in [6, 6.07) is 0. The van der Waals surface area contributed by atoms with Gasteiger partial charge in [-0.25, -0.2) is 0 Å². The highest BCUT2D eigenvalue weighted by Crippen LogP contribution is 2.05. The van der Waals surface area contributed by atoms with Gasteiger partial charge in [0, 0.05) is 65.2 Å². The zero-order valence-corrected chi connectivity index (χ0v) is 14.0. The highest BCUT2D eigenvalue weighted by molar-refractivity contribution is 5.76. The Hall–Kier alpha value is -1.22. The lowest BCUT2D eigenvalue weighted by atomic mass is 10.3. The number of likely N-dealkylation sites (N-methyl/N-ethyl adjacent to an activating group) is 1. The minimum Gasteiger partial charge on any atom is -0.370 e. The second-order valence-corrected chi connectivity index (χ2v) is 6.34. The van der Waals surface area contributed by atoms with E-state index >= 15 is 0 Å². The molecule has 2 aliphatic heterocycles. The SMILES string of the molecule is CN1CCN(CCC(=O)NC2CN(CCC(N)=O)CCO2)CC1. The first-order valence-electron chi connectivity index (χ1n) is 8.35. The van der Waals surface area contributed by atoms with E-state index in [1.807, 2.05) is 0 Å². The minimum absolute atomic E-state index is 0.0191. The Balaban J connectivity index is 1.63. The Kier molecular flexibility index (Phi) is 7.22. The van der Waals surface area contributed by atoms with Gasteiger partial charge >= 0.3 is 0 Å². The fraction of sp³-hybridized carbons (Fsp3) is 0.867. The number of nitrogens with one attached hydrogen (secondary N) is 1. The third-order valence-corrected chi connectivity index (χ3v) is 4.40. The molecule has 2 fully saturated rings. The maximum absolute atomic E-state index is 12.1. The number of carbonyl (C=O) groups is 2. The topological polar surface area (TPSA) is 91.1 Å². The molecule has 0 aliphatic carbocycles. The smallest absolute Gasteiger partial charge is 0.223 e. The van der Waals surface area contributed by atoms with Gasteiger partial charge in [0.25, 0.3) is 0 Å². The number of hydrogen-bond acceptors (Lipinski definition) is 6. The normalized spacial score (nSPS) is 24.5. The Morgan fingerprint density at radius 3 is 2.48 bits per heavy atom. The van der Waals surface area contributed by atoms with Crippen molar-refractivity contribution in [3.63, 3.8) is 0 Å². The van der Waals surface area contributed by atoms with Crippen molar-refractivity contribution >= 4 is 11.8 Å². The first-order valence-corrected chi connectivity index (χ1v) is 8.35. The summed E-state index contributed by atoms with van der Waals surface area (Å²) in [6.07, 6.45) is 0.534. The third-order valence-electron chi connectivity index (χ3n) is 4.40. The summed E-state index contributed by atoms with van der Waals surface area (Å²) in [6.45, 7) is 7.49. The van der Waals surface area contributed by atoms with Gasteiger partial charge in [-0.15, -0.1) is 0 Å². The van der Waals surface area contributed by atoms with Gasteiger partial charge in [0.05, 0.1) is 6.61 Å². The molecular weight excluding hydrogens is 298 g/mol. The molecule has 1 atom stereocenters. The molecule has 0 saturated carbocycles. The summed E-state index contributed by atoms with van der Waals surface area (Å²) in [4.78, 5) is 29.6. The van der Waals surface area contributed by atoms with Crippen molar-refractivity contribution in [3.8, 4) is 0 Å². The zero-order chi connectivity index (χ0) is 16.7. The van der Waals surface area contributed by atoms with Crippen LogP contribution in [0.1, 0.15) is 12.8 Å². The molecule has 132 valence electrons. The number of ether oxygens (including phenoxy) is 1. The highest BCUT2D eigenvalue weighted by atomic mass is 16.5. The van der Waals surface area contributed by atoms with Crippen LogP contribution < -0.4 is 11.1 Å². The van der Waals surface area contributed by atoms with E-state index in [1.54, 1.807) is 0 Å². The summed E-state index contributed by atoms with van der Waals surface area (Å²) in [5, 5.41) is 2.93. The first kappa shape index (κ1) is 18.1. The molecule has 2 aliphatic rings. The summed E-state index contributed by atoms with van der Waals surface area (Å²) in [5.41, 5.74) is 5.17. The van der Waals surface area contributed by atoms with Crippen LogP contribution in [0.5, 0.6) is 0 Å². The molecule has 0 aromatic heterocycles. The van der Waals surface area contributed by atoms with Crippen molar-refractivity contribution in [2.24, 2.45) is 5.73 Å². The van der Waals surface area contributed by atoms with Crippen molar-refractivity contribution in [3.05, 3.63) is 0 Å². The van der Waals surface area contributed by atoms with Crippen molar-refractivity contribution in [1.82, 2.24) is 20.0 Å². The number of hydrogen-bond donors (Lipinski definition) is 2. The number of piperazine rings is 1. The predicted octanol–water partition coefficient (Wildman–Crippen LogP) is -1.73. The number of primary amides is 1. The fourth-order valence-corrected chi connectivity index (χ4v) is 2.84. The summed E-state index contributed by atoms with van der Waals surface area (Å²) in [5.74, 6) is -0.282. The van der Waals surface area contributed by atoms with Crippen molar-refractivity contribution in [2.45, 2.75) is 19.1 Å². The van der Waals surface area contributed by atoms with E-state index in [-0.39, 0.29) is 18.0 Å². The number of nitrogens with zero attached hydrogens (tertiary/aromatic N) is 3. The molecule has 1 unspecified atom stereocenters. The molecule has 23 heavy (non-hydrogen) atoms. The predicted molar refractivity (Wildman–Crippen MR) is 86.7 cm³/mol. The number of morpholine rings is 1. The van der Waals surface area contributed by atoms with Crippen LogP contribution in [0.2, 0.25) is 0 Å². The molecule has 3 N–H and O–H groups in total. The van der Waals surface area contributed by atoms with Crippen LogP contribution in [0.15, 0.2) is 0 Å². The molecule has 8 heteroatoms. The van der Waals surface area contributed by atoms with Gasteiger partial charge in [0.15, 0.2) is 0 Å². The van der Waals surface area contributed by atoms with E-state index in [0.717, 1.165) is 39.3 Å². The lowest BCUT2D eigenvalue weighted by Crippen LogP contribution is -2.52. The van der Waals surface area contributed by atoms with Gasteiger partial charge < -0.3 is 25.6 Å². The van der Waals surface area contributed by atoms with E-state index in [1.165, 1.54) is 0 Å². The lowest BCUT2D eigenvalue weighted by Gasteiger charge is -2.34. The Bertz CT molecular complexity index is 399. The third kappa shape index (κ3) is 6.82. The van der Waals surface area contributed by atoms with Crippen LogP contribution in [-0.4, -0.2) is 98.8 Å². The van der Waals surface area contributed by atoms with Crippen LogP contribution >= 0.6 is 0 Å². The average molecular weight is 327 g/mol. The van der Waals surface area contributed by atoms with Gasteiger partial charge in [-0.1, -0.05) is 0 Å². The van der Waals surface area contributed by atoms with E-state index in [9.17, 15) is 9.59 Å². The quantitative estimate of drug-likeness (QED) is 0.578. The summed E-state index contributed by atoms with van der Waals surface area (Å²) >= 11 is 0. The zero-order valence-electron chi connectivity index (χ0n) is 14.0. The second kappa shape index (κ2) is 9.17. The van der Waals surface area contributed by atoms with Crippen LogP contribution in [0, 0.1) is 0 Å². The second-order valence-electron chi connectivity index (χ2n) is 6.34. The molecule has 2 saturated heterocycles. The van der Waals surface area contributed by atoms with Crippen LogP contribution in [0.25, 0.3) is 0 Å². The molecule has 8 nitrogen and oxygen atoms in total.